The van der Waals surface area contributed by atoms with Crippen LogP contribution in [0.5, 0.6) is 0 Å². The lowest BCUT2D eigenvalue weighted by Gasteiger charge is -2.56. The molecule has 9 atom stereocenters. The third-order valence-electron chi connectivity index (χ3n) is 10.4. The average Bonchev–Trinajstić information content (AvgIpc) is 3.49. The van der Waals surface area contributed by atoms with Crippen molar-refractivity contribution in [3.8, 4) is 0 Å². The Bertz CT molecular complexity index is 845. The van der Waals surface area contributed by atoms with E-state index in [1.165, 1.54) is 18.4 Å². The standard InChI is InChI=1S/C23H28O4/c1-20-6-3-12(24)9-16(20)13-10-14(13)19-15-4-7-22(8-5-18(25)27-22)21(15,2)11-17-23(19,20)26-17/h9,13-15,17,19H,3-8,10-11H2,1-2H3/t13-,14?,15+,17+,19+,20+,21+,22-,23-/m1/s1. The summed E-state index contributed by atoms with van der Waals surface area (Å²) in [7, 11) is 0. The predicted molar refractivity (Wildman–Crippen MR) is 96.6 cm³/mol. The van der Waals surface area contributed by atoms with Crippen molar-refractivity contribution in [1.29, 1.82) is 0 Å². The number of esters is 1. The largest absolute Gasteiger partial charge is 0.458 e. The normalized spacial score (nSPS) is 62.0. The Morgan fingerprint density at radius 1 is 1.11 bits per heavy atom. The summed E-state index contributed by atoms with van der Waals surface area (Å²) in [5, 5.41) is 0. The fourth-order valence-electron chi connectivity index (χ4n) is 9.12. The van der Waals surface area contributed by atoms with Crippen LogP contribution in [0.1, 0.15) is 65.2 Å². The van der Waals surface area contributed by atoms with Crippen LogP contribution in [0, 0.1) is 34.5 Å². The number of rotatable bonds is 0. The Labute approximate surface area is 160 Å². The highest BCUT2D eigenvalue weighted by molar-refractivity contribution is 5.92. The first kappa shape index (κ1) is 15.7. The maximum atomic E-state index is 12.2. The van der Waals surface area contributed by atoms with E-state index in [1.807, 2.05) is 6.08 Å². The number of ketones is 1. The Balaban J connectivity index is 1.36. The molecule has 0 bridgehead atoms. The van der Waals surface area contributed by atoms with E-state index < -0.39 is 0 Å². The molecule has 0 aromatic carbocycles. The van der Waals surface area contributed by atoms with Gasteiger partial charge in [0.2, 0.25) is 0 Å². The summed E-state index contributed by atoms with van der Waals surface area (Å²) in [4.78, 5) is 24.2. The van der Waals surface area contributed by atoms with Crippen LogP contribution in [-0.4, -0.2) is 29.1 Å². The first-order valence-corrected chi connectivity index (χ1v) is 11.0. The highest BCUT2D eigenvalue weighted by Gasteiger charge is 2.85. The Kier molecular flexibility index (Phi) is 2.46. The van der Waals surface area contributed by atoms with Crippen LogP contribution in [-0.2, 0) is 19.1 Å². The van der Waals surface area contributed by atoms with E-state index in [0.717, 1.165) is 25.7 Å². The zero-order valence-electron chi connectivity index (χ0n) is 16.3. The van der Waals surface area contributed by atoms with Gasteiger partial charge in [-0.3, -0.25) is 9.59 Å². The van der Waals surface area contributed by atoms with Gasteiger partial charge in [-0.05, 0) is 68.3 Å². The quantitative estimate of drug-likeness (QED) is 0.484. The fourth-order valence-corrected chi connectivity index (χ4v) is 9.12. The molecule has 27 heavy (non-hydrogen) atoms. The van der Waals surface area contributed by atoms with E-state index in [4.69, 9.17) is 9.47 Å². The van der Waals surface area contributed by atoms with Crippen molar-refractivity contribution in [3.63, 3.8) is 0 Å². The van der Waals surface area contributed by atoms with Gasteiger partial charge in [-0.2, -0.15) is 0 Å². The number of ether oxygens (including phenoxy) is 2. The van der Waals surface area contributed by atoms with Crippen LogP contribution in [0.15, 0.2) is 11.6 Å². The topological polar surface area (TPSA) is 55.9 Å². The Morgan fingerprint density at radius 3 is 2.74 bits per heavy atom. The van der Waals surface area contributed by atoms with Crippen molar-refractivity contribution in [2.24, 2.45) is 34.5 Å². The van der Waals surface area contributed by atoms with Crippen LogP contribution in [0.4, 0.5) is 0 Å². The predicted octanol–water partition coefficient (Wildman–Crippen LogP) is 3.58. The summed E-state index contributed by atoms with van der Waals surface area (Å²) in [5.74, 6) is 2.77. The van der Waals surface area contributed by atoms with Gasteiger partial charge in [-0.1, -0.05) is 19.4 Å². The summed E-state index contributed by atoms with van der Waals surface area (Å²) in [6.45, 7) is 4.81. The summed E-state index contributed by atoms with van der Waals surface area (Å²) in [6.07, 6.45) is 9.85. The zero-order chi connectivity index (χ0) is 18.4. The maximum Gasteiger partial charge on any atom is 0.306 e. The lowest BCUT2D eigenvalue weighted by molar-refractivity contribution is -0.164. The average molecular weight is 368 g/mol. The highest BCUT2D eigenvalue weighted by Crippen LogP contribution is 2.82. The third-order valence-corrected chi connectivity index (χ3v) is 10.4. The lowest BCUT2D eigenvalue weighted by atomic mass is 9.46. The second-order valence-corrected chi connectivity index (χ2v) is 11.1. The van der Waals surface area contributed by atoms with E-state index in [-0.39, 0.29) is 34.1 Å². The van der Waals surface area contributed by atoms with Crippen LogP contribution in [0.3, 0.4) is 0 Å². The molecule has 2 heterocycles. The molecule has 6 fully saturated rings. The van der Waals surface area contributed by atoms with Crippen molar-refractivity contribution in [3.05, 3.63) is 11.6 Å². The van der Waals surface area contributed by atoms with Gasteiger partial charge in [0.05, 0.1) is 6.10 Å². The number of fused-ring (bicyclic) bond motifs is 7. The van der Waals surface area contributed by atoms with E-state index in [0.29, 0.717) is 42.3 Å². The summed E-state index contributed by atoms with van der Waals surface area (Å²) in [5.41, 5.74) is 1.24. The van der Waals surface area contributed by atoms with Crippen molar-refractivity contribution in [2.75, 3.05) is 0 Å². The van der Waals surface area contributed by atoms with Gasteiger partial charge in [0.1, 0.15) is 11.2 Å². The van der Waals surface area contributed by atoms with Crippen molar-refractivity contribution in [1.82, 2.24) is 0 Å². The Morgan fingerprint density at radius 2 is 1.96 bits per heavy atom. The molecular weight excluding hydrogens is 340 g/mol. The molecular formula is C23H28O4. The van der Waals surface area contributed by atoms with Crippen molar-refractivity contribution < 1.29 is 19.1 Å². The van der Waals surface area contributed by atoms with Gasteiger partial charge in [-0.15, -0.1) is 0 Å². The molecule has 0 N–H and O–H groups in total. The monoisotopic (exact) mass is 368 g/mol. The second kappa shape index (κ2) is 4.22. The molecule has 4 saturated carbocycles. The summed E-state index contributed by atoms with van der Waals surface area (Å²) < 4.78 is 12.8. The third kappa shape index (κ3) is 1.47. The number of epoxide rings is 1. The van der Waals surface area contributed by atoms with Gasteiger partial charge >= 0.3 is 5.97 Å². The number of hydrogen-bond donors (Lipinski definition) is 0. The highest BCUT2D eigenvalue weighted by atomic mass is 16.6. The fraction of sp³-hybridized carbons (Fsp3) is 0.826. The first-order valence-electron chi connectivity index (χ1n) is 11.0. The first-order chi connectivity index (χ1) is 12.8. The number of carbonyl (C=O) groups is 2. The maximum absolute atomic E-state index is 12.2. The molecule has 1 unspecified atom stereocenters. The van der Waals surface area contributed by atoms with E-state index in [1.54, 1.807) is 0 Å². The van der Waals surface area contributed by atoms with Crippen molar-refractivity contribution in [2.45, 2.75) is 82.5 Å². The molecule has 7 aliphatic rings. The van der Waals surface area contributed by atoms with Crippen LogP contribution < -0.4 is 0 Å². The minimum absolute atomic E-state index is 0.00124. The number of carbonyl (C=O) groups excluding carboxylic acids is 2. The Hall–Kier alpha value is -1.16. The van der Waals surface area contributed by atoms with E-state index >= 15 is 0 Å². The minimum Gasteiger partial charge on any atom is -0.458 e. The molecule has 0 radical (unpaired) electrons. The van der Waals surface area contributed by atoms with Crippen LogP contribution >= 0.6 is 0 Å². The molecule has 144 valence electrons. The smallest absolute Gasteiger partial charge is 0.306 e. The minimum atomic E-state index is -0.239. The molecule has 0 aromatic heterocycles. The number of hydrogen-bond acceptors (Lipinski definition) is 4. The van der Waals surface area contributed by atoms with Gasteiger partial charge < -0.3 is 9.47 Å². The van der Waals surface area contributed by atoms with E-state index in [2.05, 4.69) is 13.8 Å². The SMILES string of the molecule is C[C@]12CCC(=O)C=C1[C@@H]1CC1[C@H]1[C@@H]3CC[C@@]4(CCC(=O)O4)[C@@]3(C)C[C@@H]3O[C@]312. The molecule has 4 nitrogen and oxygen atoms in total. The summed E-state index contributed by atoms with van der Waals surface area (Å²) in [6, 6.07) is 0. The van der Waals surface area contributed by atoms with Gasteiger partial charge in [0.15, 0.2) is 5.78 Å². The van der Waals surface area contributed by atoms with Gasteiger partial charge in [0.25, 0.3) is 0 Å². The van der Waals surface area contributed by atoms with Crippen molar-refractivity contribution >= 4 is 11.8 Å². The molecule has 2 saturated heterocycles. The summed E-state index contributed by atoms with van der Waals surface area (Å²) >= 11 is 0. The molecule has 0 aromatic rings. The molecule has 0 amide bonds. The van der Waals surface area contributed by atoms with Gasteiger partial charge in [0, 0.05) is 23.7 Å². The van der Waals surface area contributed by atoms with E-state index in [9.17, 15) is 9.59 Å². The molecule has 2 aliphatic heterocycles. The molecule has 7 rings (SSSR count). The second-order valence-electron chi connectivity index (χ2n) is 11.1. The molecule has 5 aliphatic carbocycles. The molecule has 2 spiro atoms. The van der Waals surface area contributed by atoms with Gasteiger partial charge in [-0.25, -0.2) is 0 Å². The van der Waals surface area contributed by atoms with Crippen LogP contribution in [0.25, 0.3) is 0 Å². The zero-order valence-corrected chi connectivity index (χ0v) is 16.3. The van der Waals surface area contributed by atoms with Crippen LogP contribution in [0.2, 0.25) is 0 Å². The molecule has 4 heteroatoms. The lowest BCUT2D eigenvalue weighted by Crippen LogP contribution is -2.60.